The normalized spacial score (nSPS) is 19.5. The van der Waals surface area contributed by atoms with Gasteiger partial charge in [0.15, 0.2) is 0 Å². The monoisotopic (exact) mass is 451 g/mol. The summed E-state index contributed by atoms with van der Waals surface area (Å²) in [4.78, 5) is 26.3. The quantitative estimate of drug-likeness (QED) is 0.469. The van der Waals surface area contributed by atoms with E-state index in [1.165, 1.54) is 32.1 Å². The van der Waals surface area contributed by atoms with E-state index in [9.17, 15) is 9.59 Å². The van der Waals surface area contributed by atoms with Crippen molar-refractivity contribution < 1.29 is 19.1 Å². The minimum Gasteiger partial charge on any atom is -0.496 e. The first-order chi connectivity index (χ1) is 16.0. The number of nitrogens with zero attached hydrogens (tertiary/aromatic N) is 1. The molecule has 1 saturated carbocycles. The molecule has 2 aliphatic rings. The van der Waals surface area contributed by atoms with E-state index in [4.69, 9.17) is 14.9 Å². The molecule has 1 aliphatic heterocycles. The van der Waals surface area contributed by atoms with Crippen LogP contribution in [0.4, 0.5) is 0 Å². The Labute approximate surface area is 194 Å². The number of likely N-dealkylation sites (N-methyl/N-ethyl adjacent to an activating group) is 1. The van der Waals surface area contributed by atoms with Gasteiger partial charge in [-0.15, -0.1) is 0 Å². The number of benzene rings is 2. The van der Waals surface area contributed by atoms with Crippen LogP contribution in [0.2, 0.25) is 0 Å². The number of carbonyl (C=O) groups is 2. The number of piperidine rings is 1. The summed E-state index contributed by atoms with van der Waals surface area (Å²) in [6.45, 7) is 1.50. The van der Waals surface area contributed by atoms with Crippen LogP contribution >= 0.6 is 0 Å². The Morgan fingerprint density at radius 3 is 2.64 bits per heavy atom. The number of rotatable bonds is 8. The van der Waals surface area contributed by atoms with E-state index in [0.29, 0.717) is 30.4 Å². The maximum atomic E-state index is 12.4. The fourth-order valence-corrected chi connectivity index (χ4v) is 4.98. The molecule has 0 bridgehead atoms. The molecule has 2 fully saturated rings. The summed E-state index contributed by atoms with van der Waals surface area (Å²) < 4.78 is 11.6. The Morgan fingerprint density at radius 2 is 1.91 bits per heavy atom. The maximum Gasteiger partial charge on any atom is 0.235 e. The largest absolute Gasteiger partial charge is 0.496 e. The maximum absolute atomic E-state index is 12.4. The number of hydrogen-bond acceptors (Lipinski definition) is 6. The zero-order chi connectivity index (χ0) is 23.4. The Kier molecular flexibility index (Phi) is 7.28. The van der Waals surface area contributed by atoms with E-state index in [2.05, 4.69) is 17.3 Å². The van der Waals surface area contributed by atoms with Gasteiger partial charge in [0.25, 0.3) is 0 Å². The van der Waals surface area contributed by atoms with Crippen LogP contribution in [0.25, 0.3) is 10.8 Å². The average molecular weight is 452 g/mol. The summed E-state index contributed by atoms with van der Waals surface area (Å²) in [7, 11) is 3.74. The third-order valence-corrected chi connectivity index (χ3v) is 6.94. The molecule has 2 N–H and O–H groups in total. The number of imide groups is 1. The number of methoxy groups -OCH3 is 1. The van der Waals surface area contributed by atoms with Crippen molar-refractivity contribution in [3.05, 3.63) is 35.9 Å². The molecule has 4 rings (SSSR count). The van der Waals surface area contributed by atoms with Gasteiger partial charge in [-0.05, 0) is 61.3 Å². The summed E-state index contributed by atoms with van der Waals surface area (Å²) in [5, 5.41) is 12.9. The molecule has 1 saturated heterocycles. The van der Waals surface area contributed by atoms with Crippen LogP contribution in [0, 0.1) is 11.3 Å². The first kappa shape index (κ1) is 23.2. The SMILES string of the molecule is COc1ccc2cc(OCCN(C)C3CCCCC3)ccc2c1C(=N)C1CCC(=O)NC1=O. The first-order valence-electron chi connectivity index (χ1n) is 11.8. The lowest BCUT2D eigenvalue weighted by Gasteiger charge is -2.31. The molecule has 0 radical (unpaired) electrons. The first-order valence-corrected chi connectivity index (χ1v) is 11.8. The van der Waals surface area contributed by atoms with Crippen molar-refractivity contribution in [2.45, 2.75) is 51.0 Å². The van der Waals surface area contributed by atoms with Crippen LogP contribution in [0.5, 0.6) is 11.5 Å². The number of amides is 2. The van der Waals surface area contributed by atoms with E-state index in [0.717, 1.165) is 23.1 Å². The van der Waals surface area contributed by atoms with Crippen LogP contribution in [0.15, 0.2) is 30.3 Å². The van der Waals surface area contributed by atoms with Crippen molar-refractivity contribution in [1.29, 1.82) is 5.41 Å². The Bertz CT molecular complexity index is 1050. The highest BCUT2D eigenvalue weighted by Gasteiger charge is 2.32. The van der Waals surface area contributed by atoms with Crippen LogP contribution < -0.4 is 14.8 Å². The van der Waals surface area contributed by atoms with Crippen molar-refractivity contribution in [2.75, 3.05) is 27.3 Å². The Morgan fingerprint density at radius 1 is 1.12 bits per heavy atom. The molecule has 0 spiro atoms. The molecule has 0 aromatic heterocycles. The third-order valence-electron chi connectivity index (χ3n) is 6.94. The van der Waals surface area contributed by atoms with E-state index < -0.39 is 11.8 Å². The highest BCUT2D eigenvalue weighted by Crippen LogP contribution is 2.33. The zero-order valence-electron chi connectivity index (χ0n) is 19.5. The second-order valence-corrected chi connectivity index (χ2v) is 9.06. The zero-order valence-corrected chi connectivity index (χ0v) is 19.5. The lowest BCUT2D eigenvalue weighted by molar-refractivity contribution is -0.134. The van der Waals surface area contributed by atoms with Crippen molar-refractivity contribution in [3.63, 3.8) is 0 Å². The predicted octanol–water partition coefficient (Wildman–Crippen LogP) is 3.91. The van der Waals surface area contributed by atoms with Crippen molar-refractivity contribution in [2.24, 2.45) is 5.92 Å². The van der Waals surface area contributed by atoms with Gasteiger partial charge in [0.05, 0.1) is 18.7 Å². The second-order valence-electron chi connectivity index (χ2n) is 9.06. The van der Waals surface area contributed by atoms with Crippen LogP contribution in [0.1, 0.15) is 50.5 Å². The summed E-state index contributed by atoms with van der Waals surface area (Å²) in [6.07, 6.45) is 7.11. The molecule has 1 unspecified atom stereocenters. The summed E-state index contributed by atoms with van der Waals surface area (Å²) in [5.74, 6) is -0.0566. The van der Waals surface area contributed by atoms with Crippen molar-refractivity contribution >= 4 is 28.3 Å². The van der Waals surface area contributed by atoms with Crippen molar-refractivity contribution in [3.8, 4) is 11.5 Å². The molecule has 1 heterocycles. The number of nitrogens with one attached hydrogen (secondary N) is 2. The van der Waals surface area contributed by atoms with Gasteiger partial charge in [0, 0.05) is 24.6 Å². The van der Waals surface area contributed by atoms with Gasteiger partial charge in [0.1, 0.15) is 18.1 Å². The van der Waals surface area contributed by atoms with Crippen LogP contribution in [-0.4, -0.2) is 55.8 Å². The molecule has 2 amide bonds. The van der Waals surface area contributed by atoms with E-state index in [-0.39, 0.29) is 18.0 Å². The van der Waals surface area contributed by atoms with Gasteiger partial charge in [-0.1, -0.05) is 25.3 Å². The van der Waals surface area contributed by atoms with E-state index >= 15 is 0 Å². The van der Waals surface area contributed by atoms with Gasteiger partial charge in [-0.25, -0.2) is 0 Å². The lowest BCUT2D eigenvalue weighted by atomic mass is 9.86. The number of ether oxygens (including phenoxy) is 2. The van der Waals surface area contributed by atoms with Gasteiger partial charge >= 0.3 is 0 Å². The molecule has 2 aromatic carbocycles. The Hall–Kier alpha value is -2.93. The highest BCUT2D eigenvalue weighted by atomic mass is 16.5. The highest BCUT2D eigenvalue weighted by molar-refractivity contribution is 6.21. The second kappa shape index (κ2) is 10.3. The fraction of sp³-hybridized carbons (Fsp3) is 0.500. The molecule has 2 aromatic rings. The third kappa shape index (κ3) is 5.19. The van der Waals surface area contributed by atoms with Gasteiger partial charge in [-0.2, -0.15) is 0 Å². The minimum absolute atomic E-state index is 0.172. The molecule has 7 heteroatoms. The smallest absolute Gasteiger partial charge is 0.235 e. The number of fused-ring (bicyclic) bond motifs is 1. The summed E-state index contributed by atoms with van der Waals surface area (Å²) in [6, 6.07) is 10.2. The van der Waals surface area contributed by atoms with Gasteiger partial charge < -0.3 is 19.8 Å². The van der Waals surface area contributed by atoms with E-state index in [1.54, 1.807) is 7.11 Å². The molecule has 1 aliphatic carbocycles. The predicted molar refractivity (Wildman–Crippen MR) is 128 cm³/mol. The molecular weight excluding hydrogens is 418 g/mol. The fourth-order valence-electron chi connectivity index (χ4n) is 4.98. The number of hydrogen-bond donors (Lipinski definition) is 2. The van der Waals surface area contributed by atoms with E-state index in [1.807, 2.05) is 30.3 Å². The Balaban J connectivity index is 1.50. The standard InChI is InChI=1S/C26H33N3O4/c1-29(18-6-4-3-5-7-18)14-15-33-19-9-10-20-17(16-19)8-12-22(32-2)24(20)25(27)21-11-13-23(30)28-26(21)31/h8-10,12,16,18,21,27H,3-7,11,13-15H2,1-2H3,(H,28,30,31). The minimum atomic E-state index is -0.673. The molecule has 7 nitrogen and oxygen atoms in total. The lowest BCUT2D eigenvalue weighted by Crippen LogP contribution is -2.44. The van der Waals surface area contributed by atoms with Crippen molar-refractivity contribution in [1.82, 2.24) is 10.2 Å². The molecule has 33 heavy (non-hydrogen) atoms. The molecule has 1 atom stereocenters. The topological polar surface area (TPSA) is 91.7 Å². The molecule has 176 valence electrons. The van der Waals surface area contributed by atoms with Gasteiger partial charge in [-0.3, -0.25) is 14.9 Å². The average Bonchev–Trinajstić information content (AvgIpc) is 2.83. The van der Waals surface area contributed by atoms with Gasteiger partial charge in [0.2, 0.25) is 11.8 Å². The van der Waals surface area contributed by atoms with Crippen LogP contribution in [-0.2, 0) is 9.59 Å². The summed E-state index contributed by atoms with van der Waals surface area (Å²) in [5.41, 5.74) is 0.762. The van der Waals surface area contributed by atoms with Crippen LogP contribution in [0.3, 0.4) is 0 Å². The molecular formula is C26H33N3O4. The number of carbonyl (C=O) groups excluding carboxylic acids is 2. The summed E-state index contributed by atoms with van der Waals surface area (Å²) >= 11 is 0.